The van der Waals surface area contributed by atoms with Crippen molar-refractivity contribution in [3.8, 4) is 5.75 Å². The van der Waals surface area contributed by atoms with Crippen LogP contribution in [-0.2, 0) is 15.7 Å². The molecular weight excluding hydrogens is 434 g/mol. The van der Waals surface area contributed by atoms with Crippen molar-refractivity contribution >= 4 is 52.6 Å². The van der Waals surface area contributed by atoms with Crippen molar-refractivity contribution < 1.29 is 32.2 Å². The molecule has 27 heavy (non-hydrogen) atoms. The summed E-state index contributed by atoms with van der Waals surface area (Å²) in [6.07, 6.45) is -5.83. The van der Waals surface area contributed by atoms with Crippen LogP contribution in [0.25, 0.3) is 0 Å². The number of alkyl halides is 3. The van der Waals surface area contributed by atoms with Crippen LogP contribution >= 0.6 is 34.8 Å². The van der Waals surface area contributed by atoms with Gasteiger partial charge in [-0.2, -0.15) is 13.2 Å². The van der Waals surface area contributed by atoms with Gasteiger partial charge >= 0.3 is 18.2 Å². The number of carbonyl (C=O) groups excluding carboxylic acids is 2. The lowest BCUT2D eigenvalue weighted by Crippen LogP contribution is -2.23. The van der Waals surface area contributed by atoms with E-state index in [9.17, 15) is 22.8 Å². The summed E-state index contributed by atoms with van der Waals surface area (Å²) in [6.45, 7) is -0.643. The van der Waals surface area contributed by atoms with E-state index in [1.165, 1.54) is 18.2 Å². The van der Waals surface area contributed by atoms with E-state index in [-0.39, 0.29) is 21.5 Å². The number of hydrogen-bond acceptors (Lipinski definition) is 4. The quantitative estimate of drug-likeness (QED) is 0.479. The van der Waals surface area contributed by atoms with Crippen LogP contribution in [-0.4, -0.2) is 18.7 Å². The number of carbonyl (C=O) groups is 2. The fraction of sp³-hybridized carbons (Fsp3) is 0.125. The predicted molar refractivity (Wildman–Crippen MR) is 93.5 cm³/mol. The first-order valence-electron chi connectivity index (χ1n) is 7.02. The first-order valence-corrected chi connectivity index (χ1v) is 8.16. The lowest BCUT2D eigenvalue weighted by atomic mass is 10.2. The van der Waals surface area contributed by atoms with Gasteiger partial charge in [0.2, 0.25) is 0 Å². The highest BCUT2D eigenvalue weighted by Gasteiger charge is 2.31. The molecule has 1 N–H and O–H groups in total. The maximum Gasteiger partial charge on any atom is 0.419 e. The van der Waals surface area contributed by atoms with Crippen LogP contribution in [0.1, 0.15) is 5.56 Å². The molecule has 2 aromatic rings. The summed E-state index contributed by atoms with van der Waals surface area (Å²) >= 11 is 17.2. The van der Waals surface area contributed by atoms with Gasteiger partial charge < -0.3 is 9.47 Å². The minimum Gasteiger partial charge on any atom is -0.480 e. The van der Waals surface area contributed by atoms with E-state index in [4.69, 9.17) is 39.5 Å². The number of benzene rings is 2. The second-order valence-corrected chi connectivity index (χ2v) is 6.19. The van der Waals surface area contributed by atoms with Gasteiger partial charge in [0.1, 0.15) is 5.75 Å². The minimum absolute atomic E-state index is 0.143. The largest absolute Gasteiger partial charge is 0.480 e. The highest BCUT2D eigenvalue weighted by atomic mass is 35.5. The van der Waals surface area contributed by atoms with Gasteiger partial charge in [-0.1, -0.05) is 34.8 Å². The van der Waals surface area contributed by atoms with Gasteiger partial charge in [0.25, 0.3) is 0 Å². The van der Waals surface area contributed by atoms with E-state index in [1.54, 1.807) is 0 Å². The normalized spacial score (nSPS) is 11.0. The van der Waals surface area contributed by atoms with Crippen molar-refractivity contribution in [2.24, 2.45) is 0 Å². The van der Waals surface area contributed by atoms with Gasteiger partial charge in [-0.3, -0.25) is 5.32 Å². The third kappa shape index (κ3) is 6.20. The Hall–Kier alpha value is -2.16. The van der Waals surface area contributed by atoms with Crippen molar-refractivity contribution in [3.05, 3.63) is 57.0 Å². The number of amides is 1. The molecule has 0 fully saturated rings. The van der Waals surface area contributed by atoms with E-state index >= 15 is 0 Å². The van der Waals surface area contributed by atoms with Crippen molar-refractivity contribution in [1.82, 2.24) is 0 Å². The number of halogens is 6. The van der Waals surface area contributed by atoms with E-state index < -0.39 is 30.4 Å². The Kier molecular flexibility index (Phi) is 6.80. The van der Waals surface area contributed by atoms with Gasteiger partial charge in [-0.25, -0.2) is 9.59 Å². The molecule has 0 radical (unpaired) electrons. The molecule has 0 aliphatic rings. The predicted octanol–water partition coefficient (Wildman–Crippen LogP) is 5.82. The number of hydrogen-bond donors (Lipinski definition) is 1. The van der Waals surface area contributed by atoms with E-state index in [0.29, 0.717) is 11.1 Å². The van der Waals surface area contributed by atoms with Gasteiger partial charge in [-0.05, 0) is 36.4 Å². The van der Waals surface area contributed by atoms with Crippen LogP contribution in [0.3, 0.4) is 0 Å². The molecule has 0 aromatic heterocycles. The molecule has 1 amide bonds. The summed E-state index contributed by atoms with van der Waals surface area (Å²) in [7, 11) is 0. The highest BCUT2D eigenvalue weighted by molar-refractivity contribution is 6.35. The maximum atomic E-state index is 12.6. The number of anilines is 1. The zero-order valence-electron chi connectivity index (χ0n) is 13.1. The number of esters is 1. The van der Waals surface area contributed by atoms with E-state index in [0.717, 1.165) is 12.1 Å². The van der Waals surface area contributed by atoms with Crippen molar-refractivity contribution in [2.75, 3.05) is 11.9 Å². The second kappa shape index (κ2) is 8.69. The topological polar surface area (TPSA) is 64.6 Å². The number of rotatable bonds is 4. The fourth-order valence-electron chi connectivity index (χ4n) is 1.79. The zero-order valence-corrected chi connectivity index (χ0v) is 15.3. The van der Waals surface area contributed by atoms with Crippen LogP contribution in [0.2, 0.25) is 15.1 Å². The first kappa shape index (κ1) is 21.1. The Morgan fingerprint density at radius 1 is 1.00 bits per heavy atom. The number of nitrogens with one attached hydrogen (secondary N) is 1. The van der Waals surface area contributed by atoms with Crippen molar-refractivity contribution in [3.63, 3.8) is 0 Å². The van der Waals surface area contributed by atoms with Gasteiger partial charge in [0, 0.05) is 5.02 Å². The molecule has 144 valence electrons. The molecule has 0 spiro atoms. The van der Waals surface area contributed by atoms with Crippen LogP contribution in [0, 0.1) is 0 Å². The minimum atomic E-state index is -4.58. The van der Waals surface area contributed by atoms with Crippen LogP contribution in [0.4, 0.5) is 23.7 Å². The summed E-state index contributed by atoms with van der Waals surface area (Å²) < 4.78 is 47.2. The summed E-state index contributed by atoms with van der Waals surface area (Å²) in [5, 5.41) is 2.19. The maximum absolute atomic E-state index is 12.6. The number of ether oxygens (including phenoxy) is 2. The average molecular weight is 443 g/mol. The Morgan fingerprint density at radius 2 is 1.70 bits per heavy atom. The smallest absolute Gasteiger partial charge is 0.419 e. The monoisotopic (exact) mass is 441 g/mol. The summed E-state index contributed by atoms with van der Waals surface area (Å²) in [5.74, 6) is -0.925. The van der Waals surface area contributed by atoms with Crippen LogP contribution < -0.4 is 10.1 Å². The van der Waals surface area contributed by atoms with Gasteiger partial charge in [0.05, 0.1) is 21.3 Å². The molecular formula is C16H9Cl3F3NO4. The third-order valence-corrected chi connectivity index (χ3v) is 3.82. The summed E-state index contributed by atoms with van der Waals surface area (Å²) in [4.78, 5) is 23.3. The fourth-order valence-corrected chi connectivity index (χ4v) is 2.48. The highest BCUT2D eigenvalue weighted by Crippen LogP contribution is 2.33. The van der Waals surface area contributed by atoms with Gasteiger partial charge in [-0.15, -0.1) is 0 Å². The Labute approximate surface area is 165 Å². The zero-order chi connectivity index (χ0) is 20.2. The molecule has 2 aromatic carbocycles. The lowest BCUT2D eigenvalue weighted by molar-refractivity contribution is -0.139. The molecule has 0 bridgehead atoms. The SMILES string of the molecule is O=C(COc1ccc(Cl)cc1Cl)OC(=O)Nc1ccc(C(F)(F)F)cc1Cl. The van der Waals surface area contributed by atoms with Crippen LogP contribution in [0.5, 0.6) is 5.75 Å². The third-order valence-electron chi connectivity index (χ3n) is 2.98. The molecule has 5 nitrogen and oxygen atoms in total. The second-order valence-electron chi connectivity index (χ2n) is 4.94. The van der Waals surface area contributed by atoms with Crippen molar-refractivity contribution in [2.45, 2.75) is 6.18 Å². The van der Waals surface area contributed by atoms with E-state index in [2.05, 4.69) is 10.1 Å². The summed E-state index contributed by atoms with van der Waals surface area (Å²) in [5.41, 5.74) is -1.15. The molecule has 0 saturated heterocycles. The lowest BCUT2D eigenvalue weighted by Gasteiger charge is -2.11. The standard InChI is InChI=1S/C16H9Cl3F3NO4/c17-9-2-4-13(11(19)6-9)26-7-14(24)27-15(25)23-12-3-1-8(5-10(12)18)16(20,21)22/h1-6H,7H2,(H,23,25). The molecule has 0 atom stereocenters. The van der Waals surface area contributed by atoms with E-state index in [1.807, 2.05) is 0 Å². The Balaban J connectivity index is 1.90. The molecule has 2 rings (SSSR count). The molecule has 0 heterocycles. The Morgan fingerprint density at radius 3 is 2.30 bits per heavy atom. The molecule has 0 unspecified atom stereocenters. The summed E-state index contributed by atoms with van der Waals surface area (Å²) in [6, 6.07) is 6.57. The molecule has 0 aliphatic carbocycles. The Bertz CT molecular complexity index is 874. The molecule has 11 heteroatoms. The molecule has 0 saturated carbocycles. The molecule has 0 aliphatic heterocycles. The first-order chi connectivity index (χ1) is 12.6. The van der Waals surface area contributed by atoms with Crippen LogP contribution in [0.15, 0.2) is 36.4 Å². The van der Waals surface area contributed by atoms with Crippen molar-refractivity contribution in [1.29, 1.82) is 0 Å². The average Bonchev–Trinajstić information content (AvgIpc) is 2.55. The van der Waals surface area contributed by atoms with Gasteiger partial charge in [0.15, 0.2) is 6.61 Å².